The average molecular weight is 724 g/mol. The molecule has 5 heteroatoms. The van der Waals surface area contributed by atoms with Crippen molar-refractivity contribution in [1.82, 2.24) is 4.90 Å². The van der Waals surface area contributed by atoms with Gasteiger partial charge in [-0.05, 0) is 54.8 Å². The minimum atomic E-state index is 0.732. The van der Waals surface area contributed by atoms with Crippen LogP contribution in [0.2, 0.25) is 0 Å². The summed E-state index contributed by atoms with van der Waals surface area (Å²) in [5.41, 5.74) is 5.79. The van der Waals surface area contributed by atoms with Gasteiger partial charge in [-0.3, -0.25) is 0 Å². The van der Waals surface area contributed by atoms with Gasteiger partial charge >= 0.3 is 65.9 Å². The first-order valence-electron chi connectivity index (χ1n) is 13.8. The third-order valence-electron chi connectivity index (χ3n) is 5.88. The van der Waals surface area contributed by atoms with Crippen LogP contribution in [0.15, 0.2) is 102 Å². The molecule has 4 aromatic carbocycles. The fourth-order valence-corrected chi connectivity index (χ4v) is 5.70. The Hall–Kier alpha value is -3.11. The van der Waals surface area contributed by atoms with Crippen LogP contribution >= 0.6 is 0 Å². The van der Waals surface area contributed by atoms with Gasteiger partial charge in [-0.2, -0.15) is 0 Å². The molecule has 40 heavy (non-hydrogen) atoms. The van der Waals surface area contributed by atoms with E-state index in [-0.39, 0.29) is 0 Å². The third-order valence-corrected chi connectivity index (χ3v) is 7.59. The van der Waals surface area contributed by atoms with Crippen molar-refractivity contribution in [2.24, 2.45) is 4.99 Å². The van der Waals surface area contributed by atoms with E-state index in [1.807, 2.05) is 37.3 Å². The molecule has 0 unspecified atom stereocenters. The van der Waals surface area contributed by atoms with E-state index in [0.29, 0.717) is 0 Å². The van der Waals surface area contributed by atoms with E-state index in [2.05, 4.69) is 99.3 Å². The molecule has 0 bridgehead atoms. The molecule has 0 saturated heterocycles. The van der Waals surface area contributed by atoms with E-state index in [9.17, 15) is 0 Å². The number of rotatable bonds is 7. The Morgan fingerprint density at radius 3 is 1.95 bits per heavy atom. The molecule has 4 rings (SSSR count). The molecule has 4 aromatic rings. The first-order chi connectivity index (χ1) is 19.3. The van der Waals surface area contributed by atoms with Gasteiger partial charge in [0.05, 0.1) is 14.2 Å². The molecule has 0 heterocycles. The van der Waals surface area contributed by atoms with Gasteiger partial charge in [-0.25, -0.2) is 4.99 Å². The van der Waals surface area contributed by atoms with Crippen molar-refractivity contribution in [3.63, 3.8) is 0 Å². The van der Waals surface area contributed by atoms with Crippen LogP contribution in [0.5, 0.6) is 11.5 Å². The summed E-state index contributed by atoms with van der Waals surface area (Å²) in [6, 6.07) is 33.4. The van der Waals surface area contributed by atoms with Crippen LogP contribution in [-0.4, -0.2) is 25.0 Å². The number of benzene rings is 4. The maximum absolute atomic E-state index is 5.51. The van der Waals surface area contributed by atoms with E-state index in [1.54, 1.807) is 14.2 Å². The molecule has 0 radical (unpaired) electrons. The van der Waals surface area contributed by atoms with Crippen LogP contribution in [0.1, 0.15) is 49.4 Å². The van der Waals surface area contributed by atoms with Crippen molar-refractivity contribution < 1.29 is 35.6 Å². The predicted molar refractivity (Wildman–Crippen MR) is 166 cm³/mol. The molecule has 0 N–H and O–H groups in total. The number of aliphatic imine (C=N–C) groups is 1. The SMILES string of the molecule is CCC.COc1cccc(CN(Cc2ccccc2)C(C)=Nc2cc(C)ccc2OC)c1.Cc1ccc[c]([Hg])c1. The fraction of sp³-hybridized carbons (Fsp3) is 0.286. The van der Waals surface area contributed by atoms with Gasteiger partial charge in [-0.1, -0.05) is 68.8 Å². The Bertz CT molecular complexity index is 1300. The van der Waals surface area contributed by atoms with Crippen LogP contribution < -0.4 is 12.5 Å². The summed E-state index contributed by atoms with van der Waals surface area (Å²) in [5, 5.41) is 0. The monoisotopic (exact) mass is 725 g/mol. The molecule has 207 valence electrons. The van der Waals surface area contributed by atoms with Gasteiger partial charge in [-0.15, -0.1) is 0 Å². The number of hydrogen-bond acceptors (Lipinski definition) is 3. The molecule has 0 atom stereocenters. The summed E-state index contributed by atoms with van der Waals surface area (Å²) in [5.74, 6) is 2.56. The third kappa shape index (κ3) is 12.0. The van der Waals surface area contributed by atoms with Gasteiger partial charge in [0, 0.05) is 13.1 Å². The Labute approximate surface area is 258 Å². The molecule has 0 spiro atoms. The van der Waals surface area contributed by atoms with Crippen LogP contribution in [0.3, 0.4) is 0 Å². The predicted octanol–water partition coefficient (Wildman–Crippen LogP) is 8.35. The Morgan fingerprint density at radius 2 is 1.35 bits per heavy atom. The van der Waals surface area contributed by atoms with Gasteiger partial charge in [0.15, 0.2) is 0 Å². The zero-order valence-corrected chi connectivity index (χ0v) is 30.8. The van der Waals surface area contributed by atoms with E-state index in [4.69, 9.17) is 14.5 Å². The van der Waals surface area contributed by atoms with E-state index in [1.165, 1.54) is 26.2 Å². The molecule has 0 amide bonds. The Morgan fingerprint density at radius 1 is 0.725 bits per heavy atom. The Kier molecular flexibility index (Phi) is 15.1. The molecule has 0 fully saturated rings. The second-order valence-electron chi connectivity index (χ2n) is 9.72. The number of hydrogen-bond donors (Lipinski definition) is 0. The van der Waals surface area contributed by atoms with E-state index in [0.717, 1.165) is 67.8 Å². The van der Waals surface area contributed by atoms with Gasteiger partial charge in [0.25, 0.3) is 0 Å². The molecular weight excluding hydrogens is 681 g/mol. The average Bonchev–Trinajstić information content (AvgIpc) is 2.94. The number of nitrogens with zero attached hydrogens (tertiary/aromatic N) is 2. The first kappa shape index (κ1) is 33.1. The van der Waals surface area contributed by atoms with Crippen LogP contribution in [0.4, 0.5) is 5.69 Å². The molecule has 4 nitrogen and oxygen atoms in total. The van der Waals surface area contributed by atoms with Crippen molar-refractivity contribution >= 4 is 14.6 Å². The second-order valence-corrected chi connectivity index (χ2v) is 12.9. The fourth-order valence-electron chi connectivity index (χ4n) is 3.92. The summed E-state index contributed by atoms with van der Waals surface area (Å²) in [4.78, 5) is 7.18. The number of methoxy groups -OCH3 is 2. The summed E-state index contributed by atoms with van der Waals surface area (Å²) in [6.45, 7) is 12.0. The standard InChI is InChI=1S/C25H28N2O2.C7H7.C3H8.Hg/c1-19-13-14-25(29-4)24(15-19)26-20(2)27(17-21-9-6-5-7-10-21)18-22-11-8-12-23(16-22)28-3;1-7-5-3-2-4-6-7;1-3-2;/h5-16H,17-18H2,1-4H3;2-3,5-6H,1H3;3H2,1-2H3;. The van der Waals surface area contributed by atoms with E-state index >= 15 is 0 Å². The first-order valence-corrected chi connectivity index (χ1v) is 16.5. The normalized spacial score (nSPS) is 10.5. The summed E-state index contributed by atoms with van der Waals surface area (Å²) in [6.07, 6.45) is 1.25. The van der Waals surface area contributed by atoms with Gasteiger partial charge < -0.3 is 14.4 Å². The van der Waals surface area contributed by atoms with Gasteiger partial charge in [0.2, 0.25) is 0 Å². The molecular formula is C35H43HgN2O2. The van der Waals surface area contributed by atoms with Crippen LogP contribution in [0.25, 0.3) is 0 Å². The molecule has 0 aliphatic heterocycles. The number of ether oxygens (including phenoxy) is 2. The van der Waals surface area contributed by atoms with Crippen LogP contribution in [0, 0.1) is 13.8 Å². The topological polar surface area (TPSA) is 34.1 Å². The zero-order chi connectivity index (χ0) is 29.3. The van der Waals surface area contributed by atoms with Crippen molar-refractivity contribution in [3.05, 3.63) is 119 Å². The quantitative estimate of drug-likeness (QED) is 0.109. The summed E-state index contributed by atoms with van der Waals surface area (Å²) < 4.78 is 12.4. The van der Waals surface area contributed by atoms with E-state index < -0.39 is 0 Å². The molecule has 0 saturated carbocycles. The minimum absolute atomic E-state index is 0.732. The Balaban J connectivity index is 0.000000427. The summed E-state index contributed by atoms with van der Waals surface area (Å²) >= 11 is 0.800. The molecule has 0 aromatic heterocycles. The second kappa shape index (κ2) is 18.3. The van der Waals surface area contributed by atoms with Gasteiger partial charge in [0.1, 0.15) is 23.0 Å². The number of aryl methyl sites for hydroxylation is 2. The van der Waals surface area contributed by atoms with Crippen molar-refractivity contribution in [1.29, 1.82) is 0 Å². The summed E-state index contributed by atoms with van der Waals surface area (Å²) in [7, 11) is 3.37. The van der Waals surface area contributed by atoms with Crippen molar-refractivity contribution in [2.45, 2.75) is 54.1 Å². The van der Waals surface area contributed by atoms with Crippen LogP contribution in [-0.2, 0) is 39.2 Å². The van der Waals surface area contributed by atoms with Crippen molar-refractivity contribution in [3.8, 4) is 11.5 Å². The zero-order valence-electron chi connectivity index (χ0n) is 25.3. The molecule has 0 aliphatic carbocycles. The number of amidine groups is 1. The maximum atomic E-state index is 5.51. The molecule has 0 aliphatic rings. The van der Waals surface area contributed by atoms with Crippen molar-refractivity contribution in [2.75, 3.05) is 14.2 Å².